The average molecular weight is 151 g/mol. The molecule has 0 saturated carbocycles. The van der Waals surface area contributed by atoms with Gasteiger partial charge in [-0.05, 0) is 26.0 Å². The Labute approximate surface area is 66.1 Å². The van der Waals surface area contributed by atoms with Crippen LogP contribution in [0.2, 0.25) is 0 Å². The molecule has 11 heavy (non-hydrogen) atoms. The topological polar surface area (TPSA) is 40.5 Å². The number of hydrogen-bond acceptors (Lipinski definition) is 2. The van der Waals surface area contributed by atoms with Crippen LogP contribution in [0.3, 0.4) is 0 Å². The Balaban J connectivity index is 3.14. The highest BCUT2D eigenvalue weighted by atomic mass is 16.3. The summed E-state index contributed by atoms with van der Waals surface area (Å²) in [7, 11) is 0. The second-order valence-electron chi connectivity index (χ2n) is 3.00. The molecule has 0 aliphatic carbocycles. The maximum Gasteiger partial charge on any atom is 0.122 e. The fourth-order valence-corrected chi connectivity index (χ4v) is 0.939. The van der Waals surface area contributed by atoms with Crippen LogP contribution < -0.4 is 0 Å². The number of phenolic OH excluding ortho intramolecular Hbond substituents is 1. The molecule has 0 heterocycles. The maximum atomic E-state index is 9.50. The van der Waals surface area contributed by atoms with E-state index in [1.165, 1.54) is 6.07 Å². The highest BCUT2D eigenvalue weighted by Crippen LogP contribution is 2.27. The van der Waals surface area contributed by atoms with Crippen LogP contribution in [0, 0.1) is 6.07 Å². The summed E-state index contributed by atoms with van der Waals surface area (Å²) < 4.78 is 0. The number of phenols is 1. The van der Waals surface area contributed by atoms with Gasteiger partial charge in [-0.3, -0.25) is 0 Å². The van der Waals surface area contributed by atoms with Crippen molar-refractivity contribution in [3.05, 3.63) is 29.8 Å². The van der Waals surface area contributed by atoms with Crippen molar-refractivity contribution in [2.45, 2.75) is 19.4 Å². The molecule has 0 aliphatic heterocycles. The standard InChI is InChI=1S/C9H11O2/c1-9(2,11)7-5-3-4-6-8(7)10/h3,5-6,10-11H,1-2H3. The summed E-state index contributed by atoms with van der Waals surface area (Å²) >= 11 is 0. The third-order valence-corrected chi connectivity index (χ3v) is 1.50. The average Bonchev–Trinajstić information content (AvgIpc) is 1.86. The van der Waals surface area contributed by atoms with Crippen LogP contribution in [0.15, 0.2) is 18.2 Å². The highest BCUT2D eigenvalue weighted by molar-refractivity contribution is 5.35. The van der Waals surface area contributed by atoms with Crippen molar-refractivity contribution < 1.29 is 10.2 Å². The molecule has 0 aromatic heterocycles. The predicted molar refractivity (Wildman–Crippen MR) is 42.2 cm³/mol. The van der Waals surface area contributed by atoms with Gasteiger partial charge in [-0.1, -0.05) is 12.1 Å². The molecule has 2 nitrogen and oxygen atoms in total. The van der Waals surface area contributed by atoms with Gasteiger partial charge in [0.05, 0.1) is 5.60 Å². The van der Waals surface area contributed by atoms with E-state index in [1.807, 2.05) is 0 Å². The molecule has 1 radical (unpaired) electrons. The lowest BCUT2D eigenvalue weighted by Crippen LogP contribution is -2.15. The minimum absolute atomic E-state index is 0.0833. The lowest BCUT2D eigenvalue weighted by atomic mass is 9.98. The highest BCUT2D eigenvalue weighted by Gasteiger charge is 2.18. The van der Waals surface area contributed by atoms with E-state index in [4.69, 9.17) is 0 Å². The van der Waals surface area contributed by atoms with Crippen LogP contribution in [0.4, 0.5) is 0 Å². The van der Waals surface area contributed by atoms with E-state index in [1.54, 1.807) is 26.0 Å². The SMILES string of the molecule is CC(C)(O)c1cc[c]cc1O. The van der Waals surface area contributed by atoms with Crippen LogP contribution in [0.25, 0.3) is 0 Å². The van der Waals surface area contributed by atoms with Crippen molar-refractivity contribution in [3.63, 3.8) is 0 Å². The molecule has 0 saturated heterocycles. The zero-order valence-electron chi connectivity index (χ0n) is 6.63. The second-order valence-corrected chi connectivity index (χ2v) is 3.00. The molecule has 2 N–H and O–H groups in total. The van der Waals surface area contributed by atoms with Crippen LogP contribution in [0.1, 0.15) is 19.4 Å². The van der Waals surface area contributed by atoms with E-state index < -0.39 is 5.60 Å². The fraction of sp³-hybridized carbons (Fsp3) is 0.333. The molecule has 1 rings (SSSR count). The van der Waals surface area contributed by atoms with Gasteiger partial charge in [-0.15, -0.1) is 0 Å². The first-order chi connectivity index (χ1) is 5.02. The van der Waals surface area contributed by atoms with Gasteiger partial charge in [-0.25, -0.2) is 0 Å². The van der Waals surface area contributed by atoms with Gasteiger partial charge in [0.25, 0.3) is 0 Å². The normalized spacial score (nSPS) is 11.5. The number of rotatable bonds is 1. The zero-order chi connectivity index (χ0) is 8.48. The lowest BCUT2D eigenvalue weighted by Gasteiger charge is -2.18. The fourth-order valence-electron chi connectivity index (χ4n) is 0.939. The molecule has 0 atom stereocenters. The Morgan fingerprint density at radius 1 is 1.45 bits per heavy atom. The first-order valence-electron chi connectivity index (χ1n) is 3.44. The van der Waals surface area contributed by atoms with Gasteiger partial charge in [0, 0.05) is 5.56 Å². The molecule has 1 aromatic carbocycles. The maximum absolute atomic E-state index is 9.50. The Bertz CT molecular complexity index is 248. The number of aliphatic hydroxyl groups is 1. The van der Waals surface area contributed by atoms with E-state index >= 15 is 0 Å². The van der Waals surface area contributed by atoms with Gasteiger partial charge in [0.1, 0.15) is 5.75 Å². The summed E-state index contributed by atoms with van der Waals surface area (Å²) in [5.41, 5.74) is -0.463. The largest absolute Gasteiger partial charge is 0.508 e. The molecule has 2 heteroatoms. The van der Waals surface area contributed by atoms with Crippen molar-refractivity contribution in [1.29, 1.82) is 0 Å². The number of aromatic hydroxyl groups is 1. The Morgan fingerprint density at radius 2 is 2.09 bits per heavy atom. The Morgan fingerprint density at radius 3 is 2.45 bits per heavy atom. The zero-order valence-corrected chi connectivity index (χ0v) is 6.63. The Hall–Kier alpha value is -1.02. The van der Waals surface area contributed by atoms with Crippen LogP contribution in [-0.4, -0.2) is 10.2 Å². The molecule has 0 aliphatic rings. The molecule has 59 valence electrons. The monoisotopic (exact) mass is 151 g/mol. The van der Waals surface area contributed by atoms with Crippen molar-refractivity contribution in [3.8, 4) is 5.75 Å². The van der Waals surface area contributed by atoms with E-state index in [2.05, 4.69) is 6.07 Å². The minimum Gasteiger partial charge on any atom is -0.508 e. The first kappa shape index (κ1) is 8.08. The van der Waals surface area contributed by atoms with E-state index in [0.717, 1.165) is 0 Å². The Kier molecular flexibility index (Phi) is 1.87. The quantitative estimate of drug-likeness (QED) is 0.637. The lowest BCUT2D eigenvalue weighted by molar-refractivity contribution is 0.0758. The molecular weight excluding hydrogens is 140 g/mol. The molecule has 0 amide bonds. The summed E-state index contributed by atoms with van der Waals surface area (Å²) in [5.74, 6) is 0.0833. The van der Waals surface area contributed by atoms with E-state index in [0.29, 0.717) is 5.56 Å². The summed E-state index contributed by atoms with van der Waals surface area (Å²) in [6.45, 7) is 3.25. The summed E-state index contributed by atoms with van der Waals surface area (Å²) in [5, 5.41) is 18.8. The van der Waals surface area contributed by atoms with E-state index in [-0.39, 0.29) is 5.75 Å². The van der Waals surface area contributed by atoms with Gasteiger partial charge in [0.2, 0.25) is 0 Å². The van der Waals surface area contributed by atoms with Crippen molar-refractivity contribution in [1.82, 2.24) is 0 Å². The smallest absolute Gasteiger partial charge is 0.122 e. The number of hydrogen-bond donors (Lipinski definition) is 2. The third kappa shape index (κ3) is 1.71. The van der Waals surface area contributed by atoms with Crippen molar-refractivity contribution >= 4 is 0 Å². The second kappa shape index (κ2) is 2.55. The van der Waals surface area contributed by atoms with Crippen LogP contribution >= 0.6 is 0 Å². The molecule has 0 unspecified atom stereocenters. The van der Waals surface area contributed by atoms with Crippen LogP contribution in [-0.2, 0) is 5.60 Å². The molecule has 1 aromatic rings. The van der Waals surface area contributed by atoms with E-state index in [9.17, 15) is 10.2 Å². The molecule has 0 bridgehead atoms. The summed E-state index contributed by atoms with van der Waals surface area (Å²) in [6.07, 6.45) is 0. The first-order valence-corrected chi connectivity index (χ1v) is 3.44. The predicted octanol–water partition coefficient (Wildman–Crippen LogP) is 1.42. The minimum atomic E-state index is -0.987. The summed E-state index contributed by atoms with van der Waals surface area (Å²) in [6, 6.07) is 7.46. The summed E-state index contributed by atoms with van der Waals surface area (Å²) in [4.78, 5) is 0. The van der Waals surface area contributed by atoms with Gasteiger partial charge in [-0.2, -0.15) is 0 Å². The van der Waals surface area contributed by atoms with Crippen molar-refractivity contribution in [2.75, 3.05) is 0 Å². The molecule has 0 spiro atoms. The van der Waals surface area contributed by atoms with Crippen LogP contribution in [0.5, 0.6) is 5.75 Å². The van der Waals surface area contributed by atoms with Gasteiger partial charge >= 0.3 is 0 Å². The van der Waals surface area contributed by atoms with Gasteiger partial charge < -0.3 is 10.2 Å². The van der Waals surface area contributed by atoms with Gasteiger partial charge in [0.15, 0.2) is 0 Å². The third-order valence-electron chi connectivity index (χ3n) is 1.50. The molecular formula is C9H11O2. The van der Waals surface area contributed by atoms with Crippen molar-refractivity contribution in [2.24, 2.45) is 0 Å². The number of benzene rings is 1. The molecule has 0 fully saturated rings.